The van der Waals surface area contributed by atoms with Gasteiger partial charge in [-0.1, -0.05) is 6.08 Å². The van der Waals surface area contributed by atoms with E-state index in [-0.39, 0.29) is 5.69 Å². The summed E-state index contributed by atoms with van der Waals surface area (Å²) in [5, 5.41) is 21.2. The Labute approximate surface area is 165 Å². The Balaban J connectivity index is 1.89. The number of nitro benzene ring substituents is 1. The van der Waals surface area contributed by atoms with Crippen molar-refractivity contribution in [3.8, 4) is 17.0 Å². The van der Waals surface area contributed by atoms with E-state index < -0.39 is 4.92 Å². The van der Waals surface area contributed by atoms with Gasteiger partial charge in [-0.05, 0) is 47.5 Å². The molecule has 0 N–H and O–H groups in total. The molecule has 0 atom stereocenters. The van der Waals surface area contributed by atoms with Crippen LogP contribution >= 0.6 is 11.3 Å². The minimum atomic E-state index is -0.435. The molecule has 1 aromatic heterocycles. The molecule has 0 fully saturated rings. The van der Waals surface area contributed by atoms with E-state index in [1.807, 2.05) is 34.2 Å². The summed E-state index contributed by atoms with van der Waals surface area (Å²) in [6, 6.07) is 13.9. The predicted molar refractivity (Wildman–Crippen MR) is 111 cm³/mol. The van der Waals surface area contributed by atoms with Crippen LogP contribution in [0.3, 0.4) is 0 Å². The van der Waals surface area contributed by atoms with Crippen molar-refractivity contribution in [2.24, 2.45) is 10.2 Å². The molecule has 3 rings (SSSR count). The maximum absolute atomic E-state index is 10.7. The molecule has 0 spiro atoms. The Morgan fingerprint density at radius 2 is 1.93 bits per heavy atom. The van der Waals surface area contributed by atoms with Crippen molar-refractivity contribution in [2.75, 3.05) is 7.11 Å². The second-order valence-electron chi connectivity index (χ2n) is 5.72. The first-order valence-electron chi connectivity index (χ1n) is 8.37. The van der Waals surface area contributed by atoms with E-state index in [9.17, 15) is 10.1 Å². The fourth-order valence-corrected chi connectivity index (χ4v) is 3.41. The first kappa shape index (κ1) is 19.2. The summed E-state index contributed by atoms with van der Waals surface area (Å²) >= 11 is 1.48. The topological polar surface area (TPSA) is 82.0 Å². The predicted octanol–water partition coefficient (Wildman–Crippen LogP) is 4.25. The molecule has 0 radical (unpaired) electrons. The van der Waals surface area contributed by atoms with Gasteiger partial charge in [-0.15, -0.1) is 23.0 Å². The third-order valence-electron chi connectivity index (χ3n) is 3.95. The maximum atomic E-state index is 10.7. The standard InChI is InChI=1S/C20H18N4O3S/c1-3-12-23-19(16-6-10-18(27-2)11-7-16)14-28-20(23)22-21-13-15-4-8-17(9-5-15)24(25)26/h3-11,13-14H,1,12H2,2H3/b21-13-,22-20-. The molecular formula is C20H18N4O3S. The third-order valence-corrected chi connectivity index (χ3v) is 4.80. The molecule has 0 aliphatic heterocycles. The third kappa shape index (κ3) is 4.41. The van der Waals surface area contributed by atoms with Crippen LogP contribution < -0.4 is 9.54 Å². The van der Waals surface area contributed by atoms with Crippen LogP contribution in [0.5, 0.6) is 5.75 Å². The van der Waals surface area contributed by atoms with Gasteiger partial charge in [0.2, 0.25) is 4.80 Å². The first-order valence-corrected chi connectivity index (χ1v) is 9.25. The zero-order valence-corrected chi connectivity index (χ0v) is 16.0. The molecule has 1 heterocycles. The summed E-state index contributed by atoms with van der Waals surface area (Å²) in [5.41, 5.74) is 2.83. The second-order valence-corrected chi connectivity index (χ2v) is 6.56. The lowest BCUT2D eigenvalue weighted by molar-refractivity contribution is -0.384. The highest BCUT2D eigenvalue weighted by Crippen LogP contribution is 2.23. The van der Waals surface area contributed by atoms with E-state index in [1.54, 1.807) is 31.5 Å². The van der Waals surface area contributed by atoms with Crippen molar-refractivity contribution in [3.05, 3.63) is 87.0 Å². The zero-order chi connectivity index (χ0) is 19.9. The number of allylic oxidation sites excluding steroid dienone is 1. The van der Waals surface area contributed by atoms with Crippen molar-refractivity contribution in [3.63, 3.8) is 0 Å². The van der Waals surface area contributed by atoms with E-state index >= 15 is 0 Å². The SMILES string of the molecule is C=CCn1c(-c2ccc(OC)cc2)cs/c1=N\N=C/c1ccc([N+](=O)[O-])cc1. The molecule has 0 amide bonds. The maximum Gasteiger partial charge on any atom is 0.269 e. The summed E-state index contributed by atoms with van der Waals surface area (Å²) in [4.78, 5) is 11.0. The number of benzene rings is 2. The number of methoxy groups -OCH3 is 1. The van der Waals surface area contributed by atoms with E-state index in [2.05, 4.69) is 16.8 Å². The van der Waals surface area contributed by atoms with Gasteiger partial charge >= 0.3 is 0 Å². The molecular weight excluding hydrogens is 376 g/mol. The van der Waals surface area contributed by atoms with E-state index in [1.165, 1.54) is 23.5 Å². The van der Waals surface area contributed by atoms with Gasteiger partial charge in [-0.3, -0.25) is 10.1 Å². The van der Waals surface area contributed by atoms with E-state index in [4.69, 9.17) is 4.74 Å². The van der Waals surface area contributed by atoms with Gasteiger partial charge in [0.15, 0.2) is 0 Å². The Hall–Kier alpha value is -3.52. The number of ether oxygens (including phenoxy) is 1. The summed E-state index contributed by atoms with van der Waals surface area (Å²) in [6.45, 7) is 4.41. The molecule has 0 saturated carbocycles. The smallest absolute Gasteiger partial charge is 0.269 e. The van der Waals surface area contributed by atoms with Crippen molar-refractivity contribution < 1.29 is 9.66 Å². The monoisotopic (exact) mass is 394 g/mol. The molecule has 142 valence electrons. The van der Waals surface area contributed by atoms with Crippen LogP contribution in [0.2, 0.25) is 0 Å². The average Bonchev–Trinajstić information content (AvgIpc) is 3.11. The van der Waals surface area contributed by atoms with E-state index in [0.29, 0.717) is 6.54 Å². The quantitative estimate of drug-likeness (QED) is 0.260. The van der Waals surface area contributed by atoms with Gasteiger partial charge in [0.1, 0.15) is 5.75 Å². The van der Waals surface area contributed by atoms with E-state index in [0.717, 1.165) is 27.4 Å². The van der Waals surface area contributed by atoms with Gasteiger partial charge in [0.05, 0.1) is 23.9 Å². The zero-order valence-electron chi connectivity index (χ0n) is 15.2. The lowest BCUT2D eigenvalue weighted by Crippen LogP contribution is -2.14. The van der Waals surface area contributed by atoms with Crippen molar-refractivity contribution in [2.45, 2.75) is 6.54 Å². The average molecular weight is 394 g/mol. The number of nitrogens with zero attached hydrogens (tertiary/aromatic N) is 4. The van der Waals surface area contributed by atoms with Gasteiger partial charge in [-0.2, -0.15) is 5.10 Å². The van der Waals surface area contributed by atoms with Crippen molar-refractivity contribution >= 4 is 23.2 Å². The van der Waals surface area contributed by atoms with Crippen LogP contribution in [-0.4, -0.2) is 22.8 Å². The number of aromatic nitrogens is 1. The number of hydrogen-bond acceptors (Lipinski definition) is 6. The number of thiazole rings is 1. The number of rotatable bonds is 7. The summed E-state index contributed by atoms with van der Waals surface area (Å²) < 4.78 is 7.23. The highest BCUT2D eigenvalue weighted by atomic mass is 32.1. The number of nitro groups is 1. The molecule has 2 aromatic carbocycles. The number of hydrogen-bond donors (Lipinski definition) is 0. The van der Waals surface area contributed by atoms with Gasteiger partial charge in [0.25, 0.3) is 5.69 Å². The molecule has 7 nitrogen and oxygen atoms in total. The highest BCUT2D eigenvalue weighted by molar-refractivity contribution is 7.07. The van der Waals surface area contributed by atoms with Gasteiger partial charge in [0, 0.05) is 24.1 Å². The fourth-order valence-electron chi connectivity index (χ4n) is 2.53. The molecule has 0 aliphatic carbocycles. The summed E-state index contributed by atoms with van der Waals surface area (Å²) in [6.07, 6.45) is 3.37. The fraction of sp³-hybridized carbons (Fsp3) is 0.100. The first-order chi connectivity index (χ1) is 13.6. The minimum Gasteiger partial charge on any atom is -0.497 e. The molecule has 0 aliphatic rings. The Kier molecular flexibility index (Phi) is 6.13. The molecule has 0 bridgehead atoms. The Morgan fingerprint density at radius 1 is 1.21 bits per heavy atom. The van der Waals surface area contributed by atoms with Crippen LogP contribution in [0.25, 0.3) is 11.3 Å². The van der Waals surface area contributed by atoms with Crippen LogP contribution in [0.1, 0.15) is 5.56 Å². The van der Waals surface area contributed by atoms with Crippen molar-refractivity contribution in [1.82, 2.24) is 4.57 Å². The van der Waals surface area contributed by atoms with Crippen LogP contribution in [0.15, 0.2) is 76.8 Å². The second kappa shape index (κ2) is 8.92. The minimum absolute atomic E-state index is 0.0419. The summed E-state index contributed by atoms with van der Waals surface area (Å²) in [7, 11) is 1.64. The molecule has 0 unspecified atom stereocenters. The highest BCUT2D eigenvalue weighted by Gasteiger charge is 2.07. The van der Waals surface area contributed by atoms with Gasteiger partial charge < -0.3 is 9.30 Å². The molecule has 28 heavy (non-hydrogen) atoms. The van der Waals surface area contributed by atoms with Crippen LogP contribution in [0.4, 0.5) is 5.69 Å². The lowest BCUT2D eigenvalue weighted by Gasteiger charge is -2.07. The largest absolute Gasteiger partial charge is 0.497 e. The number of non-ortho nitro benzene ring substituents is 1. The van der Waals surface area contributed by atoms with Crippen LogP contribution in [-0.2, 0) is 6.54 Å². The van der Waals surface area contributed by atoms with Crippen molar-refractivity contribution in [1.29, 1.82) is 0 Å². The van der Waals surface area contributed by atoms with Gasteiger partial charge in [-0.25, -0.2) is 0 Å². The molecule has 0 saturated heterocycles. The summed E-state index contributed by atoms with van der Waals surface area (Å²) in [5.74, 6) is 0.798. The molecule has 3 aromatic rings. The Bertz CT molecular complexity index is 1060. The lowest BCUT2D eigenvalue weighted by atomic mass is 10.1. The Morgan fingerprint density at radius 3 is 2.54 bits per heavy atom. The molecule has 8 heteroatoms. The normalized spacial score (nSPS) is 11.7. The van der Waals surface area contributed by atoms with Crippen LogP contribution in [0, 0.1) is 10.1 Å².